The van der Waals surface area contributed by atoms with Crippen molar-refractivity contribution in [1.29, 1.82) is 0 Å². The van der Waals surface area contributed by atoms with Crippen LogP contribution in [0.3, 0.4) is 0 Å². The SMILES string of the molecule is CCNc1cc(N(C)C(C)c2cccs2)nc(COC)n1. The Hall–Kier alpha value is -1.66. The Morgan fingerprint density at radius 1 is 1.43 bits per heavy atom. The quantitative estimate of drug-likeness (QED) is 0.850. The van der Waals surface area contributed by atoms with Gasteiger partial charge < -0.3 is 15.0 Å². The van der Waals surface area contributed by atoms with Gasteiger partial charge in [-0.15, -0.1) is 11.3 Å². The molecule has 2 aromatic rings. The third-order valence-electron chi connectivity index (χ3n) is 3.29. The Balaban J connectivity index is 2.28. The highest BCUT2D eigenvalue weighted by Gasteiger charge is 2.16. The van der Waals surface area contributed by atoms with Crippen LogP contribution < -0.4 is 10.2 Å². The molecule has 2 heterocycles. The molecule has 0 spiro atoms. The van der Waals surface area contributed by atoms with Crippen molar-refractivity contribution in [3.05, 3.63) is 34.3 Å². The highest BCUT2D eigenvalue weighted by Crippen LogP contribution is 2.28. The summed E-state index contributed by atoms with van der Waals surface area (Å²) in [6, 6.07) is 6.47. The predicted octanol–water partition coefficient (Wildman–Crippen LogP) is 3.31. The minimum atomic E-state index is 0.268. The maximum absolute atomic E-state index is 5.16. The molecule has 6 heteroatoms. The van der Waals surface area contributed by atoms with Crippen molar-refractivity contribution in [2.75, 3.05) is 30.9 Å². The fraction of sp³-hybridized carbons (Fsp3) is 0.467. The number of ether oxygens (including phenoxy) is 1. The molecule has 0 saturated carbocycles. The molecule has 1 unspecified atom stereocenters. The number of thiophene rings is 1. The Morgan fingerprint density at radius 3 is 2.86 bits per heavy atom. The largest absolute Gasteiger partial charge is 0.377 e. The number of anilines is 2. The summed E-state index contributed by atoms with van der Waals surface area (Å²) in [7, 11) is 3.71. The van der Waals surface area contributed by atoms with E-state index in [9.17, 15) is 0 Å². The molecule has 0 aliphatic carbocycles. The zero-order chi connectivity index (χ0) is 15.2. The van der Waals surface area contributed by atoms with Gasteiger partial charge in [0, 0.05) is 31.6 Å². The summed E-state index contributed by atoms with van der Waals surface area (Å²) in [6.45, 7) is 5.47. The van der Waals surface area contributed by atoms with Crippen LogP contribution in [-0.4, -0.2) is 30.7 Å². The lowest BCUT2D eigenvalue weighted by Crippen LogP contribution is -2.23. The molecule has 0 aromatic carbocycles. The summed E-state index contributed by atoms with van der Waals surface area (Å²) in [5.41, 5.74) is 0. The second-order valence-corrected chi connectivity index (χ2v) is 5.77. The zero-order valence-electron chi connectivity index (χ0n) is 13.0. The van der Waals surface area contributed by atoms with Crippen LogP contribution >= 0.6 is 11.3 Å². The van der Waals surface area contributed by atoms with E-state index in [2.05, 4.69) is 58.6 Å². The van der Waals surface area contributed by atoms with Crippen molar-refractivity contribution in [2.45, 2.75) is 26.5 Å². The summed E-state index contributed by atoms with van der Waals surface area (Å²) in [4.78, 5) is 12.5. The minimum Gasteiger partial charge on any atom is -0.377 e. The molecule has 0 aliphatic heterocycles. The van der Waals surface area contributed by atoms with Gasteiger partial charge in [0.05, 0.1) is 6.04 Å². The van der Waals surface area contributed by atoms with Crippen molar-refractivity contribution in [1.82, 2.24) is 9.97 Å². The van der Waals surface area contributed by atoms with E-state index in [0.717, 1.165) is 18.2 Å². The standard InChI is InChI=1S/C15H22N4OS/c1-5-16-13-9-15(18-14(17-13)10-20-4)19(3)11(2)12-7-6-8-21-12/h6-9,11H,5,10H2,1-4H3,(H,16,17,18). The summed E-state index contributed by atoms with van der Waals surface area (Å²) in [6.07, 6.45) is 0. The molecule has 21 heavy (non-hydrogen) atoms. The van der Waals surface area contributed by atoms with Gasteiger partial charge in [0.15, 0.2) is 5.82 Å². The van der Waals surface area contributed by atoms with Gasteiger partial charge in [0.2, 0.25) is 0 Å². The van der Waals surface area contributed by atoms with Gasteiger partial charge in [0.25, 0.3) is 0 Å². The van der Waals surface area contributed by atoms with Crippen molar-refractivity contribution < 1.29 is 4.74 Å². The maximum Gasteiger partial charge on any atom is 0.158 e. The first-order valence-corrected chi connectivity index (χ1v) is 7.90. The van der Waals surface area contributed by atoms with E-state index in [-0.39, 0.29) is 6.04 Å². The molecule has 2 aromatic heterocycles. The Kier molecular flexibility index (Phi) is 5.52. The van der Waals surface area contributed by atoms with Gasteiger partial charge in [-0.25, -0.2) is 9.97 Å². The molecule has 0 aliphatic rings. The number of aromatic nitrogens is 2. The van der Waals surface area contributed by atoms with E-state index in [0.29, 0.717) is 12.4 Å². The van der Waals surface area contributed by atoms with E-state index in [1.807, 2.05) is 6.07 Å². The molecule has 1 N–H and O–H groups in total. The minimum absolute atomic E-state index is 0.268. The Bertz CT molecular complexity index is 535. The molecule has 0 radical (unpaired) electrons. The average Bonchev–Trinajstić information content (AvgIpc) is 3.00. The molecule has 0 saturated heterocycles. The normalized spacial score (nSPS) is 12.2. The molecule has 0 bridgehead atoms. The van der Waals surface area contributed by atoms with Gasteiger partial charge in [-0.3, -0.25) is 0 Å². The van der Waals surface area contributed by atoms with E-state index >= 15 is 0 Å². The van der Waals surface area contributed by atoms with Crippen LogP contribution in [0.15, 0.2) is 23.6 Å². The zero-order valence-corrected chi connectivity index (χ0v) is 13.8. The van der Waals surface area contributed by atoms with Crippen molar-refractivity contribution in [3.8, 4) is 0 Å². The first-order valence-electron chi connectivity index (χ1n) is 7.02. The summed E-state index contributed by atoms with van der Waals surface area (Å²) in [5.74, 6) is 2.42. The van der Waals surface area contributed by atoms with Gasteiger partial charge in [-0.2, -0.15) is 0 Å². The molecule has 114 valence electrons. The highest BCUT2D eigenvalue weighted by molar-refractivity contribution is 7.10. The molecule has 2 rings (SSSR count). The highest BCUT2D eigenvalue weighted by atomic mass is 32.1. The smallest absolute Gasteiger partial charge is 0.158 e. The molecule has 0 fully saturated rings. The first kappa shape index (κ1) is 15.7. The second kappa shape index (κ2) is 7.38. The summed E-state index contributed by atoms with van der Waals surface area (Å²) >= 11 is 1.76. The first-order chi connectivity index (χ1) is 10.2. The van der Waals surface area contributed by atoms with Crippen LogP contribution in [0.25, 0.3) is 0 Å². The fourth-order valence-corrected chi connectivity index (χ4v) is 2.87. The van der Waals surface area contributed by atoms with E-state index in [1.54, 1.807) is 18.4 Å². The van der Waals surface area contributed by atoms with Gasteiger partial charge in [-0.05, 0) is 25.3 Å². The number of methoxy groups -OCH3 is 1. The Labute approximate surface area is 130 Å². The van der Waals surface area contributed by atoms with Crippen molar-refractivity contribution in [2.24, 2.45) is 0 Å². The van der Waals surface area contributed by atoms with E-state index in [1.165, 1.54) is 4.88 Å². The lowest BCUT2D eigenvalue weighted by molar-refractivity contribution is 0.178. The van der Waals surface area contributed by atoms with Crippen LogP contribution in [0, 0.1) is 0 Å². The monoisotopic (exact) mass is 306 g/mol. The van der Waals surface area contributed by atoms with Crippen LogP contribution in [0.5, 0.6) is 0 Å². The van der Waals surface area contributed by atoms with Crippen LogP contribution in [0.1, 0.15) is 30.6 Å². The maximum atomic E-state index is 5.16. The number of hydrogen-bond donors (Lipinski definition) is 1. The third kappa shape index (κ3) is 3.92. The molecular formula is C15H22N4OS. The molecular weight excluding hydrogens is 284 g/mol. The molecule has 1 atom stereocenters. The summed E-state index contributed by atoms with van der Waals surface area (Å²) in [5, 5.41) is 5.34. The van der Waals surface area contributed by atoms with Crippen molar-refractivity contribution in [3.63, 3.8) is 0 Å². The summed E-state index contributed by atoms with van der Waals surface area (Å²) < 4.78 is 5.16. The lowest BCUT2D eigenvalue weighted by atomic mass is 10.2. The molecule has 5 nitrogen and oxygen atoms in total. The average molecular weight is 306 g/mol. The van der Waals surface area contributed by atoms with E-state index < -0.39 is 0 Å². The molecule has 0 amide bonds. The topological polar surface area (TPSA) is 50.3 Å². The predicted molar refractivity (Wildman–Crippen MR) is 88.0 cm³/mol. The van der Waals surface area contributed by atoms with Gasteiger partial charge >= 0.3 is 0 Å². The van der Waals surface area contributed by atoms with Gasteiger partial charge in [-0.1, -0.05) is 6.07 Å². The van der Waals surface area contributed by atoms with Crippen LogP contribution in [0.2, 0.25) is 0 Å². The second-order valence-electron chi connectivity index (χ2n) is 4.79. The van der Waals surface area contributed by atoms with E-state index in [4.69, 9.17) is 4.74 Å². The van der Waals surface area contributed by atoms with Crippen molar-refractivity contribution >= 4 is 23.0 Å². The third-order valence-corrected chi connectivity index (χ3v) is 4.33. The van der Waals surface area contributed by atoms with Crippen LogP contribution in [-0.2, 0) is 11.3 Å². The Morgan fingerprint density at radius 2 is 2.24 bits per heavy atom. The fourth-order valence-electron chi connectivity index (χ4n) is 2.05. The number of nitrogens with zero attached hydrogens (tertiary/aromatic N) is 3. The van der Waals surface area contributed by atoms with Gasteiger partial charge in [0.1, 0.15) is 18.2 Å². The number of rotatable bonds is 7. The van der Waals surface area contributed by atoms with Crippen LogP contribution in [0.4, 0.5) is 11.6 Å². The number of hydrogen-bond acceptors (Lipinski definition) is 6. The lowest BCUT2D eigenvalue weighted by Gasteiger charge is -2.26. The number of nitrogens with one attached hydrogen (secondary N) is 1.